The molecule has 1 N–H and O–H groups in total. The summed E-state index contributed by atoms with van der Waals surface area (Å²) in [4.78, 5) is 12.0. The van der Waals surface area contributed by atoms with E-state index in [-0.39, 0.29) is 11.3 Å². The number of carbonyl (C=O) groups is 1. The lowest BCUT2D eigenvalue weighted by Crippen LogP contribution is -2.27. The van der Waals surface area contributed by atoms with E-state index in [2.05, 4.69) is 10.4 Å². The second-order valence-electron chi connectivity index (χ2n) is 4.27. The van der Waals surface area contributed by atoms with Crippen LogP contribution >= 0.6 is 11.6 Å². The highest BCUT2D eigenvalue weighted by molar-refractivity contribution is 6.20. The van der Waals surface area contributed by atoms with Gasteiger partial charge in [0.2, 0.25) is 0 Å². The van der Waals surface area contributed by atoms with Gasteiger partial charge in [0.1, 0.15) is 0 Å². The third kappa shape index (κ3) is 3.71. The van der Waals surface area contributed by atoms with Gasteiger partial charge in [0, 0.05) is 26.4 Å². The Morgan fingerprint density at radius 3 is 2.72 bits per heavy atom. The van der Waals surface area contributed by atoms with Crippen molar-refractivity contribution >= 4 is 17.5 Å². The molecule has 1 atom stereocenters. The van der Waals surface area contributed by atoms with E-state index in [9.17, 15) is 4.79 Å². The Labute approximate surface area is 112 Å². The number of methoxy groups -OCH3 is 1. The molecule has 5 nitrogen and oxygen atoms in total. The summed E-state index contributed by atoms with van der Waals surface area (Å²) in [5.74, 6) is -0.0978. The number of alkyl halides is 1. The van der Waals surface area contributed by atoms with Crippen LogP contribution in [0.15, 0.2) is 0 Å². The molecule has 1 unspecified atom stereocenters. The van der Waals surface area contributed by atoms with E-state index in [1.165, 1.54) is 0 Å². The van der Waals surface area contributed by atoms with E-state index in [1.54, 1.807) is 11.8 Å². The average molecular weight is 274 g/mol. The molecule has 102 valence electrons. The summed E-state index contributed by atoms with van der Waals surface area (Å²) in [5.41, 5.74) is 2.26. The zero-order valence-electron chi connectivity index (χ0n) is 11.3. The van der Waals surface area contributed by atoms with Crippen molar-refractivity contribution in [1.82, 2.24) is 15.1 Å². The van der Waals surface area contributed by atoms with Gasteiger partial charge in [0.25, 0.3) is 5.91 Å². The first-order valence-corrected chi connectivity index (χ1v) is 6.32. The molecule has 0 aliphatic rings. The van der Waals surface area contributed by atoms with Gasteiger partial charge in [-0.15, -0.1) is 11.6 Å². The van der Waals surface area contributed by atoms with Gasteiger partial charge in [-0.2, -0.15) is 5.10 Å². The first-order valence-electron chi connectivity index (χ1n) is 5.88. The molecule has 0 aromatic carbocycles. The lowest BCUT2D eigenvalue weighted by molar-refractivity contribution is 0.0950. The summed E-state index contributed by atoms with van der Waals surface area (Å²) in [6.07, 6.45) is 0.680. The highest BCUT2D eigenvalue weighted by Gasteiger charge is 2.17. The normalized spacial score (nSPS) is 12.5. The fourth-order valence-corrected chi connectivity index (χ4v) is 2.03. The third-order valence-electron chi connectivity index (χ3n) is 2.83. The molecule has 0 saturated carbocycles. The minimum atomic E-state index is -0.0978. The predicted molar refractivity (Wildman–Crippen MR) is 71.1 cm³/mol. The fourth-order valence-electron chi connectivity index (χ4n) is 1.80. The Kier molecular flexibility index (Phi) is 5.62. The molecule has 0 fully saturated rings. The van der Waals surface area contributed by atoms with E-state index < -0.39 is 0 Å². The topological polar surface area (TPSA) is 56.1 Å². The van der Waals surface area contributed by atoms with Gasteiger partial charge in [-0.3, -0.25) is 9.48 Å². The average Bonchev–Trinajstić information content (AvgIpc) is 2.53. The summed E-state index contributed by atoms with van der Waals surface area (Å²) in [7, 11) is 3.43. The van der Waals surface area contributed by atoms with Gasteiger partial charge in [0.05, 0.1) is 23.2 Å². The standard InChI is InChI=1S/C12H20ClN3O2/c1-8-11(9(2)16(3)15-8)12(17)14-6-5-10(13)7-18-4/h10H,5-7H2,1-4H3,(H,14,17). The van der Waals surface area contributed by atoms with Gasteiger partial charge < -0.3 is 10.1 Å². The number of rotatable bonds is 6. The minimum absolute atomic E-state index is 0.0774. The molecule has 0 spiro atoms. The minimum Gasteiger partial charge on any atom is -0.383 e. The van der Waals surface area contributed by atoms with Crippen molar-refractivity contribution in [3.05, 3.63) is 17.0 Å². The van der Waals surface area contributed by atoms with Gasteiger partial charge in [-0.25, -0.2) is 0 Å². The SMILES string of the molecule is COCC(Cl)CCNC(=O)c1c(C)nn(C)c1C. The molecule has 0 radical (unpaired) electrons. The van der Waals surface area contributed by atoms with Gasteiger partial charge in [0.15, 0.2) is 0 Å². The molecule has 1 heterocycles. The van der Waals surface area contributed by atoms with Crippen molar-refractivity contribution in [1.29, 1.82) is 0 Å². The number of ether oxygens (including phenoxy) is 1. The Hall–Kier alpha value is -1.07. The van der Waals surface area contributed by atoms with Crippen LogP contribution in [0.4, 0.5) is 0 Å². The van der Waals surface area contributed by atoms with Crippen LogP contribution in [0.3, 0.4) is 0 Å². The second kappa shape index (κ2) is 6.75. The molecule has 1 rings (SSSR count). The van der Waals surface area contributed by atoms with Crippen molar-refractivity contribution in [3.63, 3.8) is 0 Å². The highest BCUT2D eigenvalue weighted by Crippen LogP contribution is 2.11. The Morgan fingerprint density at radius 1 is 1.56 bits per heavy atom. The second-order valence-corrected chi connectivity index (χ2v) is 4.88. The van der Waals surface area contributed by atoms with Crippen molar-refractivity contribution in [2.75, 3.05) is 20.3 Å². The monoisotopic (exact) mass is 273 g/mol. The molecule has 1 aromatic heterocycles. The number of aromatic nitrogens is 2. The number of aryl methyl sites for hydroxylation is 2. The molecule has 0 saturated heterocycles. The van der Waals surface area contributed by atoms with Crippen LogP contribution in [0.2, 0.25) is 0 Å². The maximum atomic E-state index is 12.0. The number of nitrogens with one attached hydrogen (secondary N) is 1. The van der Waals surface area contributed by atoms with Gasteiger partial charge in [-0.05, 0) is 20.3 Å². The number of hydrogen-bond acceptors (Lipinski definition) is 3. The first kappa shape index (κ1) is 15.0. The molecule has 0 bridgehead atoms. The Bertz CT molecular complexity index is 418. The summed E-state index contributed by atoms with van der Waals surface area (Å²) in [6.45, 7) is 4.73. The van der Waals surface area contributed by atoms with E-state index in [4.69, 9.17) is 16.3 Å². The van der Waals surface area contributed by atoms with Crippen LogP contribution in [0.25, 0.3) is 0 Å². The van der Waals surface area contributed by atoms with Crippen molar-refractivity contribution < 1.29 is 9.53 Å². The molecule has 1 aromatic rings. The first-order chi connectivity index (χ1) is 8.47. The molecule has 0 aliphatic heterocycles. The summed E-state index contributed by atoms with van der Waals surface area (Å²) >= 11 is 5.98. The molecule has 18 heavy (non-hydrogen) atoms. The van der Waals surface area contributed by atoms with Crippen LogP contribution in [0.5, 0.6) is 0 Å². The largest absolute Gasteiger partial charge is 0.383 e. The highest BCUT2D eigenvalue weighted by atomic mass is 35.5. The van der Waals surface area contributed by atoms with Crippen LogP contribution in [-0.2, 0) is 11.8 Å². The van der Waals surface area contributed by atoms with Crippen molar-refractivity contribution in [2.24, 2.45) is 7.05 Å². The number of carbonyl (C=O) groups excluding carboxylic acids is 1. The predicted octanol–water partition coefficient (Wildman–Crippen LogP) is 1.41. The number of halogens is 1. The van der Waals surface area contributed by atoms with E-state index in [0.717, 1.165) is 11.4 Å². The summed E-state index contributed by atoms with van der Waals surface area (Å²) in [5, 5.41) is 6.99. The zero-order valence-corrected chi connectivity index (χ0v) is 12.0. The van der Waals surface area contributed by atoms with Gasteiger partial charge >= 0.3 is 0 Å². The lowest BCUT2D eigenvalue weighted by atomic mass is 10.2. The quantitative estimate of drug-likeness (QED) is 0.798. The maximum Gasteiger partial charge on any atom is 0.255 e. The van der Waals surface area contributed by atoms with E-state index >= 15 is 0 Å². The fraction of sp³-hybridized carbons (Fsp3) is 0.667. The van der Waals surface area contributed by atoms with Gasteiger partial charge in [-0.1, -0.05) is 0 Å². The van der Waals surface area contributed by atoms with Crippen molar-refractivity contribution in [3.8, 4) is 0 Å². The molecular weight excluding hydrogens is 254 g/mol. The van der Waals surface area contributed by atoms with E-state index in [1.807, 2.05) is 20.9 Å². The van der Waals surface area contributed by atoms with Crippen molar-refractivity contribution in [2.45, 2.75) is 25.6 Å². The van der Waals surface area contributed by atoms with Crippen LogP contribution in [-0.4, -0.2) is 41.3 Å². The van der Waals surface area contributed by atoms with Crippen LogP contribution in [0, 0.1) is 13.8 Å². The molecule has 1 amide bonds. The number of nitrogens with zero attached hydrogens (tertiary/aromatic N) is 2. The zero-order chi connectivity index (χ0) is 13.7. The molecule has 6 heteroatoms. The Balaban J connectivity index is 2.51. The smallest absolute Gasteiger partial charge is 0.255 e. The lowest BCUT2D eigenvalue weighted by Gasteiger charge is -2.09. The van der Waals surface area contributed by atoms with E-state index in [0.29, 0.717) is 25.1 Å². The molecular formula is C12H20ClN3O2. The maximum absolute atomic E-state index is 12.0. The number of amides is 1. The summed E-state index contributed by atoms with van der Waals surface area (Å²) in [6, 6.07) is 0. The van der Waals surface area contributed by atoms with Crippen LogP contribution < -0.4 is 5.32 Å². The third-order valence-corrected chi connectivity index (χ3v) is 3.17. The molecule has 0 aliphatic carbocycles. The summed E-state index contributed by atoms with van der Waals surface area (Å²) < 4.78 is 6.64. The number of hydrogen-bond donors (Lipinski definition) is 1. The Morgan fingerprint density at radius 2 is 2.22 bits per heavy atom. The van der Waals surface area contributed by atoms with Crippen LogP contribution in [0.1, 0.15) is 28.2 Å².